The molecule has 0 saturated carbocycles. The van der Waals surface area contributed by atoms with Gasteiger partial charge in [-0.2, -0.15) is 0 Å². The third-order valence-corrected chi connectivity index (χ3v) is 2.32. The Labute approximate surface area is 136 Å². The molecule has 19 heavy (non-hydrogen) atoms. The molecule has 0 aliphatic rings. The van der Waals surface area contributed by atoms with E-state index in [2.05, 4.69) is 9.98 Å². The molecule has 0 bridgehead atoms. The van der Waals surface area contributed by atoms with Crippen LogP contribution in [0.25, 0.3) is 0 Å². The summed E-state index contributed by atoms with van der Waals surface area (Å²) in [5, 5.41) is 0.600. The Morgan fingerprint density at radius 2 is 1.89 bits per heavy atom. The number of nitrogens with zero attached hydrogens (tertiary/aromatic N) is 4. The van der Waals surface area contributed by atoms with E-state index in [4.69, 9.17) is 16.3 Å². The lowest BCUT2D eigenvalue weighted by molar-refractivity contribution is 0.314. The van der Waals surface area contributed by atoms with Crippen molar-refractivity contribution in [3.05, 3.63) is 23.4 Å². The van der Waals surface area contributed by atoms with Crippen LogP contribution < -0.4 is 4.74 Å². The van der Waals surface area contributed by atoms with Crippen LogP contribution in [0.15, 0.2) is 23.3 Å². The monoisotopic (exact) mass is 398 g/mol. The molecule has 0 unspecified atom stereocenters. The predicted octanol–water partition coefficient (Wildman–Crippen LogP) is 2.21. The summed E-state index contributed by atoms with van der Waals surface area (Å²) in [5.74, 6) is 1.47. The molecule has 0 atom stereocenters. The maximum Gasteiger partial charge on any atom is 0.213 e. The highest BCUT2D eigenvalue weighted by molar-refractivity contribution is 14.0. The van der Waals surface area contributed by atoms with Gasteiger partial charge in [0.05, 0.1) is 11.6 Å². The van der Waals surface area contributed by atoms with Crippen LogP contribution in [0.1, 0.15) is 0 Å². The Balaban J connectivity index is 0.00000324. The first-order valence-corrected chi connectivity index (χ1v) is 6.02. The standard InChI is InChI=1S/C12H19ClN4O.HI/c1-16(2)12(17(3)4)14-7-8-18-11-6-5-10(13)9-15-11;/h5-6,9H,7-8H2,1-4H3;1H. The number of pyridine rings is 1. The Kier molecular flexibility index (Phi) is 8.82. The van der Waals surface area contributed by atoms with E-state index in [1.54, 1.807) is 18.3 Å². The zero-order valence-corrected chi connectivity index (χ0v) is 14.7. The summed E-state index contributed by atoms with van der Waals surface area (Å²) in [5.41, 5.74) is 0. The van der Waals surface area contributed by atoms with Crippen molar-refractivity contribution in [2.45, 2.75) is 0 Å². The summed E-state index contributed by atoms with van der Waals surface area (Å²) in [7, 11) is 7.84. The summed E-state index contributed by atoms with van der Waals surface area (Å²) >= 11 is 5.73. The van der Waals surface area contributed by atoms with E-state index in [9.17, 15) is 0 Å². The molecule has 0 amide bonds. The molecule has 1 aromatic rings. The quantitative estimate of drug-likeness (QED) is 0.337. The summed E-state index contributed by atoms with van der Waals surface area (Å²) in [6, 6.07) is 3.49. The van der Waals surface area contributed by atoms with Crippen LogP contribution >= 0.6 is 35.6 Å². The van der Waals surface area contributed by atoms with Crippen molar-refractivity contribution >= 4 is 41.5 Å². The summed E-state index contributed by atoms with van der Waals surface area (Å²) in [6.07, 6.45) is 1.56. The summed E-state index contributed by atoms with van der Waals surface area (Å²) in [4.78, 5) is 12.4. The molecular formula is C12H20ClIN4O. The van der Waals surface area contributed by atoms with Crippen LogP contribution in [-0.2, 0) is 0 Å². The van der Waals surface area contributed by atoms with E-state index in [1.807, 2.05) is 38.0 Å². The Morgan fingerprint density at radius 1 is 1.26 bits per heavy atom. The lowest BCUT2D eigenvalue weighted by atomic mass is 10.5. The van der Waals surface area contributed by atoms with Gasteiger partial charge < -0.3 is 14.5 Å². The molecule has 7 heteroatoms. The average molecular weight is 399 g/mol. The Hall–Kier alpha value is -0.760. The highest BCUT2D eigenvalue weighted by Gasteiger charge is 2.03. The van der Waals surface area contributed by atoms with Crippen LogP contribution in [0.3, 0.4) is 0 Å². The van der Waals surface area contributed by atoms with Crippen molar-refractivity contribution in [3.63, 3.8) is 0 Å². The minimum atomic E-state index is 0. The van der Waals surface area contributed by atoms with Crippen LogP contribution in [0, 0.1) is 0 Å². The zero-order valence-electron chi connectivity index (χ0n) is 11.6. The molecule has 1 aromatic heterocycles. The molecule has 1 heterocycles. The first-order valence-electron chi connectivity index (χ1n) is 5.64. The fraction of sp³-hybridized carbons (Fsp3) is 0.500. The molecule has 0 saturated heterocycles. The molecule has 0 fully saturated rings. The van der Waals surface area contributed by atoms with Gasteiger partial charge in [-0.3, -0.25) is 0 Å². The molecule has 5 nitrogen and oxygen atoms in total. The molecule has 0 radical (unpaired) electrons. The van der Waals surface area contributed by atoms with Crippen LogP contribution in [0.5, 0.6) is 5.88 Å². The van der Waals surface area contributed by atoms with Gasteiger partial charge in [-0.25, -0.2) is 9.98 Å². The summed E-state index contributed by atoms with van der Waals surface area (Å²) in [6.45, 7) is 1.07. The second-order valence-corrected chi connectivity index (χ2v) is 4.57. The van der Waals surface area contributed by atoms with E-state index < -0.39 is 0 Å². The molecule has 1 rings (SSSR count). The predicted molar refractivity (Wildman–Crippen MR) is 89.8 cm³/mol. The number of aromatic nitrogens is 1. The third-order valence-electron chi connectivity index (χ3n) is 2.09. The van der Waals surface area contributed by atoms with Gasteiger partial charge in [0.2, 0.25) is 5.88 Å². The average Bonchev–Trinajstić information content (AvgIpc) is 2.30. The van der Waals surface area contributed by atoms with E-state index in [-0.39, 0.29) is 24.0 Å². The maximum absolute atomic E-state index is 5.73. The molecule has 108 valence electrons. The Morgan fingerprint density at radius 3 is 2.37 bits per heavy atom. The summed E-state index contributed by atoms with van der Waals surface area (Å²) < 4.78 is 5.46. The first kappa shape index (κ1) is 18.2. The van der Waals surface area contributed by atoms with E-state index in [1.165, 1.54) is 0 Å². The van der Waals surface area contributed by atoms with Crippen molar-refractivity contribution < 1.29 is 4.74 Å². The number of rotatable bonds is 4. The lowest BCUT2D eigenvalue weighted by Gasteiger charge is -2.22. The van der Waals surface area contributed by atoms with Gasteiger partial charge in [0, 0.05) is 40.5 Å². The number of hydrogen-bond donors (Lipinski definition) is 0. The zero-order chi connectivity index (χ0) is 13.5. The molecule has 0 aliphatic carbocycles. The lowest BCUT2D eigenvalue weighted by Crippen LogP contribution is -2.35. The SMILES string of the molecule is CN(C)C(=NCCOc1ccc(Cl)cn1)N(C)C.I. The van der Waals surface area contributed by atoms with Crippen molar-refractivity contribution in [3.8, 4) is 5.88 Å². The number of aliphatic imine (C=N–C) groups is 1. The number of ether oxygens (including phenoxy) is 1. The topological polar surface area (TPSA) is 41.0 Å². The first-order chi connectivity index (χ1) is 8.50. The number of hydrogen-bond acceptors (Lipinski definition) is 3. The van der Waals surface area contributed by atoms with Crippen LogP contribution in [0.2, 0.25) is 5.02 Å². The van der Waals surface area contributed by atoms with Crippen molar-refractivity contribution in [2.75, 3.05) is 41.3 Å². The fourth-order valence-electron chi connectivity index (χ4n) is 1.43. The fourth-order valence-corrected chi connectivity index (χ4v) is 1.54. The second-order valence-electron chi connectivity index (χ2n) is 4.13. The molecule has 0 N–H and O–H groups in total. The third kappa shape index (κ3) is 6.81. The van der Waals surface area contributed by atoms with Gasteiger partial charge in [0.25, 0.3) is 0 Å². The van der Waals surface area contributed by atoms with Gasteiger partial charge >= 0.3 is 0 Å². The van der Waals surface area contributed by atoms with Crippen LogP contribution in [0.4, 0.5) is 0 Å². The van der Waals surface area contributed by atoms with Crippen molar-refractivity contribution in [2.24, 2.45) is 4.99 Å². The Bertz CT molecular complexity index is 385. The molecular weight excluding hydrogens is 379 g/mol. The minimum absolute atomic E-state index is 0. The second kappa shape index (κ2) is 9.19. The van der Waals surface area contributed by atoms with Crippen LogP contribution in [-0.4, -0.2) is 62.1 Å². The highest BCUT2D eigenvalue weighted by atomic mass is 127. The number of halogens is 2. The number of guanidine groups is 1. The van der Waals surface area contributed by atoms with E-state index in [0.717, 1.165) is 5.96 Å². The van der Waals surface area contributed by atoms with Crippen molar-refractivity contribution in [1.29, 1.82) is 0 Å². The highest BCUT2D eigenvalue weighted by Crippen LogP contribution is 2.11. The molecule has 0 aliphatic heterocycles. The van der Waals surface area contributed by atoms with Gasteiger partial charge in [0.1, 0.15) is 6.61 Å². The normalized spacial score (nSPS) is 9.32. The minimum Gasteiger partial charge on any atom is -0.476 e. The van der Waals surface area contributed by atoms with Gasteiger partial charge in [0.15, 0.2) is 5.96 Å². The van der Waals surface area contributed by atoms with Gasteiger partial charge in [-0.1, -0.05) is 11.6 Å². The van der Waals surface area contributed by atoms with E-state index >= 15 is 0 Å². The van der Waals surface area contributed by atoms with Gasteiger partial charge in [-0.05, 0) is 6.07 Å². The smallest absolute Gasteiger partial charge is 0.213 e. The van der Waals surface area contributed by atoms with E-state index in [0.29, 0.717) is 24.1 Å². The molecule has 0 aromatic carbocycles. The van der Waals surface area contributed by atoms with Crippen molar-refractivity contribution in [1.82, 2.24) is 14.8 Å². The molecule has 0 spiro atoms. The largest absolute Gasteiger partial charge is 0.476 e. The van der Waals surface area contributed by atoms with Gasteiger partial charge in [-0.15, -0.1) is 24.0 Å². The maximum atomic E-state index is 5.73.